The van der Waals surface area contributed by atoms with Crippen LogP contribution in [0.15, 0.2) is 48.5 Å². The molecule has 0 heterocycles. The second kappa shape index (κ2) is 11.4. The minimum Gasteiger partial charge on any atom is -0.476 e. The summed E-state index contributed by atoms with van der Waals surface area (Å²) in [6, 6.07) is 13.8. The molecule has 0 bridgehead atoms. The molecule has 2 aromatic carbocycles. The van der Waals surface area contributed by atoms with Crippen molar-refractivity contribution in [2.75, 3.05) is 13.7 Å². The fraction of sp³-hybridized carbons (Fsp3) is 0.348. The van der Waals surface area contributed by atoms with Gasteiger partial charge in [0.15, 0.2) is 5.60 Å². The molecule has 0 aliphatic rings. The van der Waals surface area contributed by atoms with Crippen molar-refractivity contribution in [3.63, 3.8) is 0 Å². The van der Waals surface area contributed by atoms with E-state index in [-0.39, 0.29) is 5.91 Å². The summed E-state index contributed by atoms with van der Waals surface area (Å²) < 4.78 is 19.9. The van der Waals surface area contributed by atoms with E-state index < -0.39 is 24.0 Å². The Labute approximate surface area is 191 Å². The monoisotopic (exact) mass is 463 g/mol. The van der Waals surface area contributed by atoms with Crippen LogP contribution in [0.25, 0.3) is 0 Å². The SMILES string of the molecule is COC(=O)OC(C)OC(=O)C(C)(C)Oc1ccc(CCNC(=O)c2ccc(Cl)cc2)cc1. The lowest BCUT2D eigenvalue weighted by Crippen LogP contribution is -2.41. The number of carbonyl (C=O) groups is 3. The molecule has 1 atom stereocenters. The zero-order chi connectivity index (χ0) is 23.7. The van der Waals surface area contributed by atoms with E-state index in [9.17, 15) is 14.4 Å². The van der Waals surface area contributed by atoms with E-state index in [1.165, 1.54) is 6.92 Å². The minimum absolute atomic E-state index is 0.174. The van der Waals surface area contributed by atoms with Gasteiger partial charge < -0.3 is 24.3 Å². The van der Waals surface area contributed by atoms with Crippen LogP contribution >= 0.6 is 11.6 Å². The van der Waals surface area contributed by atoms with Gasteiger partial charge in [-0.25, -0.2) is 9.59 Å². The maximum absolute atomic E-state index is 12.3. The Kier molecular flexibility index (Phi) is 8.90. The van der Waals surface area contributed by atoms with Gasteiger partial charge in [-0.3, -0.25) is 4.79 Å². The van der Waals surface area contributed by atoms with Gasteiger partial charge in [0.1, 0.15) is 5.75 Å². The molecule has 0 fully saturated rings. The molecule has 0 spiro atoms. The Hall–Kier alpha value is -3.26. The molecular formula is C23H26ClNO7. The molecule has 8 nitrogen and oxygen atoms in total. The fourth-order valence-corrected chi connectivity index (χ4v) is 2.71. The van der Waals surface area contributed by atoms with Crippen molar-refractivity contribution < 1.29 is 33.3 Å². The highest BCUT2D eigenvalue weighted by Crippen LogP contribution is 2.21. The predicted molar refractivity (Wildman–Crippen MR) is 118 cm³/mol. The molecule has 1 N–H and O–H groups in total. The smallest absolute Gasteiger partial charge is 0.476 e. The number of rotatable bonds is 9. The van der Waals surface area contributed by atoms with Gasteiger partial charge in [-0.1, -0.05) is 23.7 Å². The van der Waals surface area contributed by atoms with E-state index >= 15 is 0 Å². The number of nitrogens with one attached hydrogen (secondary N) is 1. The number of amides is 1. The van der Waals surface area contributed by atoms with Gasteiger partial charge in [-0.15, -0.1) is 0 Å². The Balaban J connectivity index is 1.83. The van der Waals surface area contributed by atoms with Crippen LogP contribution in [0.1, 0.15) is 36.7 Å². The van der Waals surface area contributed by atoms with Crippen LogP contribution in [-0.4, -0.2) is 43.6 Å². The van der Waals surface area contributed by atoms with E-state index in [0.29, 0.717) is 29.3 Å². The number of hydrogen-bond acceptors (Lipinski definition) is 7. The van der Waals surface area contributed by atoms with E-state index in [0.717, 1.165) is 12.7 Å². The number of hydrogen-bond donors (Lipinski definition) is 1. The van der Waals surface area contributed by atoms with Gasteiger partial charge in [0.25, 0.3) is 5.91 Å². The average Bonchev–Trinajstić information content (AvgIpc) is 2.74. The molecule has 0 aromatic heterocycles. The first-order valence-electron chi connectivity index (χ1n) is 9.88. The Morgan fingerprint density at radius 1 is 1.00 bits per heavy atom. The number of methoxy groups -OCH3 is 1. The first-order chi connectivity index (χ1) is 15.1. The lowest BCUT2D eigenvalue weighted by Gasteiger charge is -2.26. The summed E-state index contributed by atoms with van der Waals surface area (Å²) in [5, 5.41) is 3.42. The lowest BCUT2D eigenvalue weighted by molar-refractivity contribution is -0.182. The number of benzene rings is 2. The van der Waals surface area contributed by atoms with Crippen LogP contribution in [0.3, 0.4) is 0 Å². The second-order valence-corrected chi connectivity index (χ2v) is 7.75. The highest BCUT2D eigenvalue weighted by atomic mass is 35.5. The molecule has 32 heavy (non-hydrogen) atoms. The normalized spacial score (nSPS) is 11.8. The molecule has 9 heteroatoms. The third-order valence-corrected chi connectivity index (χ3v) is 4.55. The van der Waals surface area contributed by atoms with Crippen molar-refractivity contribution in [2.45, 2.75) is 39.1 Å². The lowest BCUT2D eigenvalue weighted by atomic mass is 10.1. The summed E-state index contributed by atoms with van der Waals surface area (Å²) in [6.45, 7) is 4.93. The molecule has 2 aromatic rings. The Bertz CT molecular complexity index is 926. The summed E-state index contributed by atoms with van der Waals surface area (Å²) in [5.74, 6) is -0.419. The molecule has 0 saturated heterocycles. The second-order valence-electron chi connectivity index (χ2n) is 7.31. The van der Waals surface area contributed by atoms with E-state index in [1.54, 1.807) is 50.2 Å². The molecule has 0 aliphatic heterocycles. The maximum atomic E-state index is 12.3. The quantitative estimate of drug-likeness (QED) is 0.440. The molecule has 0 saturated carbocycles. The average molecular weight is 464 g/mol. The molecule has 1 amide bonds. The van der Waals surface area contributed by atoms with Crippen LogP contribution in [0, 0.1) is 0 Å². The van der Waals surface area contributed by atoms with Gasteiger partial charge in [0.05, 0.1) is 7.11 Å². The minimum atomic E-state index is -1.32. The van der Waals surface area contributed by atoms with Gasteiger partial charge in [-0.2, -0.15) is 0 Å². The highest BCUT2D eigenvalue weighted by molar-refractivity contribution is 6.30. The van der Waals surface area contributed by atoms with Crippen LogP contribution in [-0.2, 0) is 25.4 Å². The maximum Gasteiger partial charge on any atom is 0.511 e. The third kappa shape index (κ3) is 7.77. The van der Waals surface area contributed by atoms with Gasteiger partial charge in [0, 0.05) is 24.1 Å². The van der Waals surface area contributed by atoms with Crippen LogP contribution in [0.2, 0.25) is 5.02 Å². The van der Waals surface area contributed by atoms with Crippen molar-refractivity contribution in [1.82, 2.24) is 5.32 Å². The first-order valence-corrected chi connectivity index (χ1v) is 10.3. The highest BCUT2D eigenvalue weighted by Gasteiger charge is 2.34. The zero-order valence-electron chi connectivity index (χ0n) is 18.3. The summed E-state index contributed by atoms with van der Waals surface area (Å²) in [6.07, 6.45) is -1.46. The predicted octanol–water partition coefficient (Wildman–Crippen LogP) is 4.14. The van der Waals surface area contributed by atoms with Crippen molar-refractivity contribution >= 4 is 29.6 Å². The van der Waals surface area contributed by atoms with Crippen molar-refractivity contribution in [3.8, 4) is 5.75 Å². The molecular weight excluding hydrogens is 438 g/mol. The zero-order valence-corrected chi connectivity index (χ0v) is 19.1. The summed E-state index contributed by atoms with van der Waals surface area (Å²) in [5.41, 5.74) is 0.203. The largest absolute Gasteiger partial charge is 0.511 e. The van der Waals surface area contributed by atoms with E-state index in [2.05, 4.69) is 10.1 Å². The Morgan fingerprint density at radius 2 is 1.62 bits per heavy atom. The van der Waals surface area contributed by atoms with Crippen molar-refractivity contribution in [3.05, 3.63) is 64.7 Å². The molecule has 2 rings (SSSR count). The fourth-order valence-electron chi connectivity index (χ4n) is 2.58. The van der Waals surface area contributed by atoms with Gasteiger partial charge >= 0.3 is 12.1 Å². The van der Waals surface area contributed by atoms with E-state index in [4.69, 9.17) is 25.8 Å². The van der Waals surface area contributed by atoms with Gasteiger partial charge in [-0.05, 0) is 62.2 Å². The standard InChI is InChI=1S/C23H26ClNO7/c1-15(31-22(28)29-4)30-21(27)23(2,3)32-19-11-5-16(6-12-19)13-14-25-20(26)17-7-9-18(24)10-8-17/h5-12,15H,13-14H2,1-4H3,(H,25,26). The van der Waals surface area contributed by atoms with E-state index in [1.807, 2.05) is 12.1 Å². The van der Waals surface area contributed by atoms with Crippen LogP contribution in [0.5, 0.6) is 5.75 Å². The molecule has 0 radical (unpaired) electrons. The number of halogens is 1. The number of carbonyl (C=O) groups excluding carboxylic acids is 3. The van der Waals surface area contributed by atoms with Gasteiger partial charge in [0.2, 0.25) is 6.29 Å². The van der Waals surface area contributed by atoms with Crippen molar-refractivity contribution in [1.29, 1.82) is 0 Å². The summed E-state index contributed by atoms with van der Waals surface area (Å²) >= 11 is 5.83. The summed E-state index contributed by atoms with van der Waals surface area (Å²) in [4.78, 5) is 35.5. The first kappa shape index (κ1) is 25.0. The number of esters is 1. The van der Waals surface area contributed by atoms with Crippen molar-refractivity contribution in [2.24, 2.45) is 0 Å². The van der Waals surface area contributed by atoms with Crippen LogP contribution < -0.4 is 10.1 Å². The molecule has 0 aliphatic carbocycles. The molecule has 172 valence electrons. The summed E-state index contributed by atoms with van der Waals surface area (Å²) in [7, 11) is 1.15. The molecule has 1 unspecified atom stereocenters. The number of ether oxygens (including phenoxy) is 4. The Morgan fingerprint density at radius 3 is 2.22 bits per heavy atom. The topological polar surface area (TPSA) is 100 Å². The third-order valence-electron chi connectivity index (χ3n) is 4.30. The van der Waals surface area contributed by atoms with Crippen LogP contribution in [0.4, 0.5) is 4.79 Å².